The number of ether oxygens (including phenoxy) is 2. The molecule has 2 aliphatic rings. The number of hydrogen-bond donors (Lipinski definition) is 1. The van der Waals surface area contributed by atoms with Gasteiger partial charge in [0.25, 0.3) is 0 Å². The van der Waals surface area contributed by atoms with E-state index in [2.05, 4.69) is 15.5 Å². The lowest BCUT2D eigenvalue weighted by Gasteiger charge is -2.22. The molecular weight excluding hydrogens is 324 g/mol. The van der Waals surface area contributed by atoms with Crippen LogP contribution in [0.2, 0.25) is 0 Å². The van der Waals surface area contributed by atoms with Gasteiger partial charge in [0.2, 0.25) is 11.8 Å². The molecule has 0 bridgehead atoms. The van der Waals surface area contributed by atoms with Crippen molar-refractivity contribution in [3.63, 3.8) is 0 Å². The summed E-state index contributed by atoms with van der Waals surface area (Å²) in [5.74, 6) is 0.563. The standard InChI is InChI=1S/C17H16N4O4/c22-16-7-11(17(23)20-12-3-4-18-19-9-12)10-21(16)13-1-2-14-15(8-13)25-6-5-24-14/h1-4,8-9,11H,5-7,10H2,(H,18,20,23). The van der Waals surface area contributed by atoms with Crippen molar-refractivity contribution in [1.29, 1.82) is 0 Å². The first-order valence-electron chi connectivity index (χ1n) is 7.98. The van der Waals surface area contributed by atoms with Crippen LogP contribution >= 0.6 is 0 Å². The van der Waals surface area contributed by atoms with Gasteiger partial charge in [-0.2, -0.15) is 10.2 Å². The maximum atomic E-state index is 12.4. The molecule has 1 atom stereocenters. The number of hydrogen-bond acceptors (Lipinski definition) is 6. The molecule has 1 saturated heterocycles. The molecule has 25 heavy (non-hydrogen) atoms. The van der Waals surface area contributed by atoms with E-state index in [1.165, 1.54) is 12.4 Å². The molecule has 8 nitrogen and oxygen atoms in total. The Bertz CT molecular complexity index is 812. The highest BCUT2D eigenvalue weighted by Crippen LogP contribution is 2.36. The quantitative estimate of drug-likeness (QED) is 0.903. The number of rotatable bonds is 3. The molecule has 2 aromatic rings. The molecule has 0 aliphatic carbocycles. The van der Waals surface area contributed by atoms with Crippen LogP contribution in [0, 0.1) is 5.92 Å². The SMILES string of the molecule is O=C(Nc1ccnnc1)C1CC(=O)N(c2ccc3c(c2)OCCO3)C1. The molecular formula is C17H16N4O4. The van der Waals surface area contributed by atoms with Crippen molar-refractivity contribution in [2.45, 2.75) is 6.42 Å². The molecule has 0 spiro atoms. The van der Waals surface area contributed by atoms with Crippen molar-refractivity contribution in [3.05, 3.63) is 36.7 Å². The average molecular weight is 340 g/mol. The summed E-state index contributed by atoms with van der Waals surface area (Å²) in [5.41, 5.74) is 1.26. The zero-order chi connectivity index (χ0) is 17.2. The Labute approximate surface area is 143 Å². The molecule has 1 fully saturated rings. The van der Waals surface area contributed by atoms with Crippen LogP contribution < -0.4 is 19.7 Å². The van der Waals surface area contributed by atoms with Crippen molar-refractivity contribution < 1.29 is 19.1 Å². The topological polar surface area (TPSA) is 93.7 Å². The summed E-state index contributed by atoms with van der Waals surface area (Å²) in [7, 11) is 0. The molecule has 2 aliphatic heterocycles. The Hall–Kier alpha value is -3.16. The van der Waals surface area contributed by atoms with Gasteiger partial charge in [0.05, 0.1) is 24.0 Å². The third kappa shape index (κ3) is 3.10. The fraction of sp³-hybridized carbons (Fsp3) is 0.294. The average Bonchev–Trinajstić information content (AvgIpc) is 3.04. The first kappa shape index (κ1) is 15.4. The van der Waals surface area contributed by atoms with Crippen LogP contribution in [0.1, 0.15) is 6.42 Å². The van der Waals surface area contributed by atoms with Crippen LogP contribution in [0.3, 0.4) is 0 Å². The van der Waals surface area contributed by atoms with Crippen molar-refractivity contribution in [2.24, 2.45) is 5.92 Å². The number of fused-ring (bicyclic) bond motifs is 1. The Kier molecular flexibility index (Phi) is 3.93. The Morgan fingerprint density at radius 1 is 1.16 bits per heavy atom. The number of carbonyl (C=O) groups is 2. The number of nitrogens with one attached hydrogen (secondary N) is 1. The summed E-state index contributed by atoms with van der Waals surface area (Å²) < 4.78 is 11.0. The van der Waals surface area contributed by atoms with Gasteiger partial charge < -0.3 is 19.7 Å². The van der Waals surface area contributed by atoms with E-state index in [1.807, 2.05) is 0 Å². The molecule has 0 radical (unpaired) electrons. The van der Waals surface area contributed by atoms with Gasteiger partial charge in [-0.3, -0.25) is 9.59 Å². The van der Waals surface area contributed by atoms with E-state index in [9.17, 15) is 9.59 Å². The predicted molar refractivity (Wildman–Crippen MR) is 88.6 cm³/mol. The monoisotopic (exact) mass is 340 g/mol. The second-order valence-electron chi connectivity index (χ2n) is 5.85. The lowest BCUT2D eigenvalue weighted by atomic mass is 10.1. The van der Waals surface area contributed by atoms with Gasteiger partial charge in [-0.05, 0) is 18.2 Å². The number of anilines is 2. The smallest absolute Gasteiger partial charge is 0.229 e. The van der Waals surface area contributed by atoms with Gasteiger partial charge in [-0.25, -0.2) is 0 Å². The van der Waals surface area contributed by atoms with Crippen LogP contribution in [0.25, 0.3) is 0 Å². The minimum atomic E-state index is -0.422. The molecule has 8 heteroatoms. The van der Waals surface area contributed by atoms with Gasteiger partial charge in [-0.15, -0.1) is 0 Å². The Balaban J connectivity index is 1.48. The summed E-state index contributed by atoms with van der Waals surface area (Å²) in [6, 6.07) is 7.02. The molecule has 1 N–H and O–H groups in total. The first-order chi connectivity index (χ1) is 12.2. The van der Waals surface area contributed by atoms with E-state index < -0.39 is 5.92 Å². The third-order valence-electron chi connectivity index (χ3n) is 4.19. The van der Waals surface area contributed by atoms with Crippen molar-refractivity contribution in [3.8, 4) is 11.5 Å². The number of nitrogens with zero attached hydrogens (tertiary/aromatic N) is 3. The van der Waals surface area contributed by atoms with E-state index >= 15 is 0 Å². The fourth-order valence-electron chi connectivity index (χ4n) is 2.94. The van der Waals surface area contributed by atoms with E-state index in [-0.39, 0.29) is 18.2 Å². The van der Waals surface area contributed by atoms with E-state index in [0.29, 0.717) is 42.6 Å². The van der Waals surface area contributed by atoms with Crippen LogP contribution in [-0.2, 0) is 9.59 Å². The van der Waals surface area contributed by atoms with E-state index in [1.54, 1.807) is 29.2 Å². The van der Waals surface area contributed by atoms with Crippen molar-refractivity contribution in [2.75, 3.05) is 30.0 Å². The minimum absolute atomic E-state index is 0.0929. The number of aromatic nitrogens is 2. The normalized spacial score (nSPS) is 19.0. The van der Waals surface area contributed by atoms with Crippen LogP contribution in [0.4, 0.5) is 11.4 Å². The van der Waals surface area contributed by atoms with Gasteiger partial charge in [-0.1, -0.05) is 0 Å². The fourth-order valence-corrected chi connectivity index (χ4v) is 2.94. The maximum Gasteiger partial charge on any atom is 0.229 e. The largest absolute Gasteiger partial charge is 0.486 e. The molecule has 1 aromatic carbocycles. The minimum Gasteiger partial charge on any atom is -0.486 e. The Morgan fingerprint density at radius 2 is 2.00 bits per heavy atom. The maximum absolute atomic E-state index is 12.4. The number of carbonyl (C=O) groups excluding carboxylic acids is 2. The lowest BCUT2D eigenvalue weighted by molar-refractivity contribution is -0.122. The number of benzene rings is 1. The van der Waals surface area contributed by atoms with Crippen LogP contribution in [0.5, 0.6) is 11.5 Å². The van der Waals surface area contributed by atoms with E-state index in [4.69, 9.17) is 9.47 Å². The third-order valence-corrected chi connectivity index (χ3v) is 4.19. The summed E-state index contributed by atoms with van der Waals surface area (Å²) in [5, 5.41) is 10.1. The second kappa shape index (κ2) is 6.39. The highest BCUT2D eigenvalue weighted by molar-refractivity contribution is 6.03. The van der Waals surface area contributed by atoms with Crippen molar-refractivity contribution >= 4 is 23.2 Å². The summed E-state index contributed by atoms with van der Waals surface area (Å²) in [4.78, 5) is 26.4. The van der Waals surface area contributed by atoms with Crippen molar-refractivity contribution in [1.82, 2.24) is 10.2 Å². The lowest BCUT2D eigenvalue weighted by Crippen LogP contribution is -2.28. The highest BCUT2D eigenvalue weighted by Gasteiger charge is 2.35. The van der Waals surface area contributed by atoms with Gasteiger partial charge in [0.15, 0.2) is 11.5 Å². The van der Waals surface area contributed by atoms with Crippen LogP contribution in [0.15, 0.2) is 36.7 Å². The van der Waals surface area contributed by atoms with Gasteiger partial charge >= 0.3 is 0 Å². The molecule has 4 rings (SSSR count). The molecule has 2 amide bonds. The molecule has 0 saturated carbocycles. The van der Waals surface area contributed by atoms with Crippen LogP contribution in [-0.4, -0.2) is 41.8 Å². The predicted octanol–water partition coefficient (Wildman–Crippen LogP) is 1.24. The molecule has 1 unspecified atom stereocenters. The van der Waals surface area contributed by atoms with Gasteiger partial charge in [0.1, 0.15) is 13.2 Å². The summed E-state index contributed by atoms with van der Waals surface area (Å²) >= 11 is 0. The number of amides is 2. The first-order valence-corrected chi connectivity index (χ1v) is 7.98. The van der Waals surface area contributed by atoms with Gasteiger partial charge in [0, 0.05) is 24.7 Å². The highest BCUT2D eigenvalue weighted by atomic mass is 16.6. The second-order valence-corrected chi connectivity index (χ2v) is 5.85. The molecule has 128 valence electrons. The summed E-state index contributed by atoms with van der Waals surface area (Å²) in [6.07, 6.45) is 3.13. The molecule has 1 aromatic heterocycles. The summed E-state index contributed by atoms with van der Waals surface area (Å²) in [6.45, 7) is 1.32. The zero-order valence-corrected chi connectivity index (χ0v) is 13.3. The Morgan fingerprint density at radius 3 is 2.80 bits per heavy atom. The van der Waals surface area contributed by atoms with E-state index in [0.717, 1.165) is 0 Å². The zero-order valence-electron chi connectivity index (χ0n) is 13.3. The molecule has 3 heterocycles.